The molecule has 1 N–H and O–H groups in total. The molecule has 24 heavy (non-hydrogen) atoms. The number of ether oxygens (including phenoxy) is 1. The van der Waals surface area contributed by atoms with Crippen LogP contribution in [0.5, 0.6) is 0 Å². The molecule has 7 heteroatoms. The Morgan fingerprint density at radius 2 is 1.75 bits per heavy atom. The molecule has 1 rings (SSSR count). The molecule has 0 heterocycles. The first-order chi connectivity index (χ1) is 11.3. The van der Waals surface area contributed by atoms with Gasteiger partial charge in [0.05, 0.1) is 12.2 Å². The SMILES string of the molecule is CCCCCCOC(=O)C(C)NC(=O)c1ccc(C(F)(F)F)cc1. The summed E-state index contributed by atoms with van der Waals surface area (Å²) in [6.07, 6.45) is -0.579. The Morgan fingerprint density at radius 3 is 2.29 bits per heavy atom. The Bertz CT molecular complexity index is 541. The molecule has 0 aromatic heterocycles. The highest BCUT2D eigenvalue weighted by Crippen LogP contribution is 2.29. The normalized spacial score (nSPS) is 12.5. The second-order valence-electron chi connectivity index (χ2n) is 5.50. The van der Waals surface area contributed by atoms with Crippen molar-refractivity contribution in [2.75, 3.05) is 6.61 Å². The number of hydrogen-bond acceptors (Lipinski definition) is 3. The summed E-state index contributed by atoms with van der Waals surface area (Å²) in [6.45, 7) is 3.83. The molecular formula is C17H22F3NO3. The number of carbonyl (C=O) groups is 2. The average Bonchev–Trinajstić information content (AvgIpc) is 2.53. The van der Waals surface area contributed by atoms with Crippen molar-refractivity contribution < 1.29 is 27.5 Å². The van der Waals surface area contributed by atoms with Crippen LogP contribution in [-0.4, -0.2) is 24.5 Å². The number of alkyl halides is 3. The van der Waals surface area contributed by atoms with Crippen LogP contribution < -0.4 is 5.32 Å². The zero-order chi connectivity index (χ0) is 18.2. The fraction of sp³-hybridized carbons (Fsp3) is 0.529. The number of halogens is 3. The van der Waals surface area contributed by atoms with Crippen LogP contribution in [0.15, 0.2) is 24.3 Å². The lowest BCUT2D eigenvalue weighted by Crippen LogP contribution is -2.39. The number of hydrogen-bond donors (Lipinski definition) is 1. The van der Waals surface area contributed by atoms with E-state index in [1.807, 2.05) is 0 Å². The maximum Gasteiger partial charge on any atom is 0.416 e. The van der Waals surface area contributed by atoms with E-state index in [0.29, 0.717) is 6.61 Å². The predicted octanol–water partition coefficient (Wildman–Crippen LogP) is 3.95. The maximum absolute atomic E-state index is 12.5. The summed E-state index contributed by atoms with van der Waals surface area (Å²) in [7, 11) is 0. The summed E-state index contributed by atoms with van der Waals surface area (Å²) in [5.74, 6) is -1.19. The fourth-order valence-electron chi connectivity index (χ4n) is 1.98. The summed E-state index contributed by atoms with van der Waals surface area (Å²) in [4.78, 5) is 23.7. The Balaban J connectivity index is 2.47. The summed E-state index contributed by atoms with van der Waals surface area (Å²) >= 11 is 0. The van der Waals surface area contributed by atoms with Crippen molar-refractivity contribution >= 4 is 11.9 Å². The largest absolute Gasteiger partial charge is 0.464 e. The molecule has 0 saturated heterocycles. The molecule has 1 unspecified atom stereocenters. The van der Waals surface area contributed by atoms with Gasteiger partial charge in [-0.2, -0.15) is 13.2 Å². The van der Waals surface area contributed by atoms with Crippen LogP contribution >= 0.6 is 0 Å². The van der Waals surface area contributed by atoms with Crippen LogP contribution in [0, 0.1) is 0 Å². The summed E-state index contributed by atoms with van der Waals surface area (Å²) in [5.41, 5.74) is -0.788. The van der Waals surface area contributed by atoms with E-state index in [1.165, 1.54) is 6.92 Å². The highest BCUT2D eigenvalue weighted by Gasteiger charge is 2.30. The molecule has 0 radical (unpaired) electrons. The van der Waals surface area contributed by atoms with E-state index >= 15 is 0 Å². The molecule has 1 aromatic rings. The highest BCUT2D eigenvalue weighted by molar-refractivity contribution is 5.96. The predicted molar refractivity (Wildman–Crippen MR) is 83.5 cm³/mol. The summed E-state index contributed by atoms with van der Waals surface area (Å²) in [5, 5.41) is 2.41. The molecule has 0 spiro atoms. The van der Waals surface area contributed by atoms with Crippen LogP contribution in [0.2, 0.25) is 0 Å². The van der Waals surface area contributed by atoms with Crippen molar-refractivity contribution in [3.8, 4) is 0 Å². The van der Waals surface area contributed by atoms with Crippen molar-refractivity contribution in [2.45, 2.75) is 51.7 Å². The Hall–Kier alpha value is -2.05. The first-order valence-electron chi connectivity index (χ1n) is 7.90. The van der Waals surface area contributed by atoms with Crippen LogP contribution in [0.1, 0.15) is 55.5 Å². The zero-order valence-corrected chi connectivity index (χ0v) is 13.8. The van der Waals surface area contributed by atoms with Gasteiger partial charge in [-0.05, 0) is 37.6 Å². The van der Waals surface area contributed by atoms with Crippen molar-refractivity contribution in [2.24, 2.45) is 0 Å². The minimum atomic E-state index is -4.45. The fourth-order valence-corrected chi connectivity index (χ4v) is 1.98. The summed E-state index contributed by atoms with van der Waals surface area (Å²) < 4.78 is 42.5. The number of unbranched alkanes of at least 4 members (excludes halogenated alkanes) is 3. The molecule has 0 bridgehead atoms. The van der Waals surface area contributed by atoms with Gasteiger partial charge in [-0.15, -0.1) is 0 Å². The molecule has 0 fully saturated rings. The minimum absolute atomic E-state index is 0.0468. The van der Waals surface area contributed by atoms with Gasteiger partial charge in [-0.3, -0.25) is 4.79 Å². The van der Waals surface area contributed by atoms with Crippen LogP contribution in [0.25, 0.3) is 0 Å². The molecule has 0 saturated carbocycles. The first kappa shape index (κ1) is 20.0. The van der Waals surface area contributed by atoms with Gasteiger partial charge in [0.2, 0.25) is 0 Å². The summed E-state index contributed by atoms with van der Waals surface area (Å²) in [6, 6.07) is 2.92. The van der Waals surface area contributed by atoms with Crippen molar-refractivity contribution in [3.63, 3.8) is 0 Å². The number of esters is 1. The lowest BCUT2D eigenvalue weighted by molar-refractivity contribution is -0.145. The van der Waals surface area contributed by atoms with Crippen LogP contribution in [0.3, 0.4) is 0 Å². The third-order valence-corrected chi connectivity index (χ3v) is 3.42. The molecular weight excluding hydrogens is 323 g/mol. The van der Waals surface area contributed by atoms with E-state index < -0.39 is 29.7 Å². The quantitative estimate of drug-likeness (QED) is 0.573. The first-order valence-corrected chi connectivity index (χ1v) is 7.90. The number of benzene rings is 1. The van der Waals surface area contributed by atoms with Gasteiger partial charge in [0.15, 0.2) is 0 Å². The van der Waals surface area contributed by atoms with E-state index in [9.17, 15) is 22.8 Å². The minimum Gasteiger partial charge on any atom is -0.464 e. The number of rotatable bonds is 8. The van der Waals surface area contributed by atoms with E-state index in [-0.39, 0.29) is 5.56 Å². The topological polar surface area (TPSA) is 55.4 Å². The highest BCUT2D eigenvalue weighted by atomic mass is 19.4. The Kier molecular flexibility index (Phi) is 7.74. The monoisotopic (exact) mass is 345 g/mol. The molecule has 4 nitrogen and oxygen atoms in total. The second kappa shape index (κ2) is 9.30. The third-order valence-electron chi connectivity index (χ3n) is 3.42. The number of carbonyl (C=O) groups excluding carboxylic acids is 2. The third kappa shape index (κ3) is 6.60. The van der Waals surface area contributed by atoms with Crippen LogP contribution in [0.4, 0.5) is 13.2 Å². The Morgan fingerprint density at radius 1 is 1.12 bits per heavy atom. The van der Waals surface area contributed by atoms with Gasteiger partial charge in [-0.1, -0.05) is 26.2 Å². The molecule has 0 aliphatic carbocycles. The molecule has 1 amide bonds. The molecule has 1 aromatic carbocycles. The lowest BCUT2D eigenvalue weighted by atomic mass is 10.1. The smallest absolute Gasteiger partial charge is 0.416 e. The molecule has 1 atom stereocenters. The van der Waals surface area contributed by atoms with E-state index in [2.05, 4.69) is 12.2 Å². The van der Waals surface area contributed by atoms with Crippen molar-refractivity contribution in [1.29, 1.82) is 0 Å². The van der Waals surface area contributed by atoms with Gasteiger partial charge in [0.25, 0.3) is 5.91 Å². The van der Waals surface area contributed by atoms with Crippen molar-refractivity contribution in [1.82, 2.24) is 5.32 Å². The van der Waals surface area contributed by atoms with Crippen LogP contribution in [-0.2, 0) is 15.7 Å². The zero-order valence-electron chi connectivity index (χ0n) is 13.8. The molecule has 0 aliphatic heterocycles. The van der Waals surface area contributed by atoms with E-state index in [4.69, 9.17) is 4.74 Å². The number of amides is 1. The van der Waals surface area contributed by atoms with Gasteiger partial charge in [-0.25, -0.2) is 4.79 Å². The van der Waals surface area contributed by atoms with Crippen molar-refractivity contribution in [3.05, 3.63) is 35.4 Å². The van der Waals surface area contributed by atoms with E-state index in [1.54, 1.807) is 0 Å². The van der Waals surface area contributed by atoms with Gasteiger partial charge >= 0.3 is 12.1 Å². The molecule has 0 aliphatic rings. The molecule has 134 valence electrons. The van der Waals surface area contributed by atoms with Gasteiger partial charge in [0, 0.05) is 5.56 Å². The average molecular weight is 345 g/mol. The standard InChI is InChI=1S/C17H22F3NO3/c1-3-4-5-6-11-24-16(23)12(2)21-15(22)13-7-9-14(10-8-13)17(18,19)20/h7-10,12H,3-6,11H2,1-2H3,(H,21,22). The second-order valence-corrected chi connectivity index (χ2v) is 5.50. The van der Waals surface area contributed by atoms with Gasteiger partial charge < -0.3 is 10.1 Å². The lowest BCUT2D eigenvalue weighted by Gasteiger charge is -2.14. The number of nitrogens with one attached hydrogen (secondary N) is 1. The van der Waals surface area contributed by atoms with E-state index in [0.717, 1.165) is 49.9 Å². The van der Waals surface area contributed by atoms with Gasteiger partial charge in [0.1, 0.15) is 6.04 Å². The Labute approximate surface area is 139 Å². The maximum atomic E-state index is 12.5.